The minimum Gasteiger partial charge on any atom is -0.143 e. The molecule has 0 aliphatic heterocycles. The summed E-state index contributed by atoms with van der Waals surface area (Å²) in [4.78, 5) is 1.55. The molecule has 0 radical (unpaired) electrons. The van der Waals surface area contributed by atoms with Crippen molar-refractivity contribution in [3.8, 4) is 0 Å². The molecule has 0 spiro atoms. The van der Waals surface area contributed by atoms with Gasteiger partial charge in [0.2, 0.25) is 0 Å². The fourth-order valence-corrected chi connectivity index (χ4v) is 3.85. The lowest BCUT2D eigenvalue weighted by atomic mass is 10.1. The molecule has 0 bridgehead atoms. The second-order valence-electron chi connectivity index (χ2n) is 3.36. The second kappa shape index (κ2) is 2.86. The molecule has 0 aliphatic rings. The first-order valence-electron chi connectivity index (χ1n) is 4.16. The lowest BCUT2D eigenvalue weighted by molar-refractivity contribution is 0.883. The predicted molar refractivity (Wildman–Crippen MR) is 58.5 cm³/mol. The summed E-state index contributed by atoms with van der Waals surface area (Å²) < 4.78 is 2.95. The van der Waals surface area contributed by atoms with Gasteiger partial charge >= 0.3 is 0 Å². The van der Waals surface area contributed by atoms with Crippen LogP contribution in [0.15, 0.2) is 11.4 Å². The average molecular weight is 196 g/mol. The summed E-state index contributed by atoms with van der Waals surface area (Å²) in [5.74, 6) is 0.676. The fourth-order valence-electron chi connectivity index (χ4n) is 1.51. The Morgan fingerprint density at radius 1 is 1.33 bits per heavy atom. The van der Waals surface area contributed by atoms with Crippen molar-refractivity contribution in [2.45, 2.75) is 26.7 Å². The standard InChI is InChI=1S/C10H12S2/c1-6(2)9-7(3)10-8(12-9)4-5-11-10/h4-6H,1-3H3. The highest BCUT2D eigenvalue weighted by atomic mass is 32.1. The van der Waals surface area contributed by atoms with Crippen molar-refractivity contribution in [1.29, 1.82) is 0 Å². The number of rotatable bonds is 1. The van der Waals surface area contributed by atoms with Crippen LogP contribution in [-0.2, 0) is 0 Å². The molecular formula is C10H12S2. The fraction of sp³-hybridized carbons (Fsp3) is 0.400. The summed E-state index contributed by atoms with van der Waals surface area (Å²) in [6.45, 7) is 6.77. The zero-order valence-corrected chi connectivity index (χ0v) is 9.18. The number of aryl methyl sites for hydroxylation is 1. The molecule has 2 heteroatoms. The van der Waals surface area contributed by atoms with E-state index in [4.69, 9.17) is 0 Å². The van der Waals surface area contributed by atoms with Crippen LogP contribution in [-0.4, -0.2) is 0 Å². The number of hydrogen-bond donors (Lipinski definition) is 0. The molecule has 0 saturated carbocycles. The van der Waals surface area contributed by atoms with Crippen molar-refractivity contribution < 1.29 is 0 Å². The van der Waals surface area contributed by atoms with E-state index in [9.17, 15) is 0 Å². The van der Waals surface area contributed by atoms with Gasteiger partial charge in [-0.15, -0.1) is 22.7 Å². The Morgan fingerprint density at radius 2 is 2.08 bits per heavy atom. The maximum Gasteiger partial charge on any atom is 0.0482 e. The predicted octanol–water partition coefficient (Wildman–Crippen LogP) is 4.39. The van der Waals surface area contributed by atoms with E-state index >= 15 is 0 Å². The molecule has 2 aromatic heterocycles. The van der Waals surface area contributed by atoms with Crippen molar-refractivity contribution in [3.63, 3.8) is 0 Å². The maximum absolute atomic E-state index is 2.27. The largest absolute Gasteiger partial charge is 0.143 e. The van der Waals surface area contributed by atoms with E-state index in [2.05, 4.69) is 32.2 Å². The van der Waals surface area contributed by atoms with Gasteiger partial charge in [-0.05, 0) is 29.9 Å². The maximum atomic E-state index is 2.27. The van der Waals surface area contributed by atoms with Crippen LogP contribution in [0, 0.1) is 6.92 Å². The highest BCUT2D eigenvalue weighted by Crippen LogP contribution is 2.38. The van der Waals surface area contributed by atoms with Crippen LogP contribution >= 0.6 is 22.7 Å². The van der Waals surface area contributed by atoms with Crippen molar-refractivity contribution in [2.75, 3.05) is 0 Å². The number of thiophene rings is 2. The Hall–Kier alpha value is -0.340. The van der Waals surface area contributed by atoms with E-state index in [1.807, 2.05) is 22.7 Å². The van der Waals surface area contributed by atoms with Gasteiger partial charge in [-0.25, -0.2) is 0 Å². The van der Waals surface area contributed by atoms with Gasteiger partial charge in [0, 0.05) is 14.3 Å². The van der Waals surface area contributed by atoms with Crippen molar-refractivity contribution in [2.24, 2.45) is 0 Å². The van der Waals surface area contributed by atoms with E-state index < -0.39 is 0 Å². The monoisotopic (exact) mass is 196 g/mol. The summed E-state index contributed by atoms with van der Waals surface area (Å²) in [5, 5.41) is 2.18. The third kappa shape index (κ3) is 1.10. The first kappa shape index (κ1) is 8.27. The normalized spacial score (nSPS) is 11.7. The molecule has 0 amide bonds. The molecule has 0 unspecified atom stereocenters. The topological polar surface area (TPSA) is 0 Å². The van der Waals surface area contributed by atoms with Crippen molar-refractivity contribution in [1.82, 2.24) is 0 Å². The zero-order valence-electron chi connectivity index (χ0n) is 7.55. The molecule has 0 atom stereocenters. The third-order valence-electron chi connectivity index (χ3n) is 2.08. The van der Waals surface area contributed by atoms with Crippen LogP contribution in [0.25, 0.3) is 9.40 Å². The molecule has 0 aliphatic carbocycles. The summed E-state index contributed by atoms with van der Waals surface area (Å²) in [6.07, 6.45) is 0. The van der Waals surface area contributed by atoms with E-state index in [1.165, 1.54) is 15.0 Å². The lowest BCUT2D eigenvalue weighted by Gasteiger charge is -2.01. The molecule has 0 fully saturated rings. The molecule has 2 heterocycles. The van der Waals surface area contributed by atoms with E-state index in [1.54, 1.807) is 4.88 Å². The van der Waals surface area contributed by atoms with Crippen LogP contribution in [0.1, 0.15) is 30.2 Å². The van der Waals surface area contributed by atoms with Crippen LogP contribution in [0.5, 0.6) is 0 Å². The Labute approximate surface area is 80.9 Å². The van der Waals surface area contributed by atoms with Gasteiger partial charge in [-0.3, -0.25) is 0 Å². The first-order chi connectivity index (χ1) is 5.70. The molecule has 0 aromatic carbocycles. The third-order valence-corrected chi connectivity index (χ3v) is 4.80. The number of hydrogen-bond acceptors (Lipinski definition) is 2. The lowest BCUT2D eigenvalue weighted by Crippen LogP contribution is -1.83. The Bertz CT molecular complexity index is 393. The molecule has 64 valence electrons. The van der Waals surface area contributed by atoms with Crippen molar-refractivity contribution in [3.05, 3.63) is 21.9 Å². The summed E-state index contributed by atoms with van der Waals surface area (Å²) in [6, 6.07) is 2.23. The van der Waals surface area contributed by atoms with Gasteiger partial charge in [-0.2, -0.15) is 0 Å². The van der Waals surface area contributed by atoms with E-state index in [-0.39, 0.29) is 0 Å². The quantitative estimate of drug-likeness (QED) is 0.634. The summed E-state index contributed by atoms with van der Waals surface area (Å²) in [5.41, 5.74) is 1.50. The first-order valence-corrected chi connectivity index (χ1v) is 5.86. The van der Waals surface area contributed by atoms with Crippen LogP contribution in [0.4, 0.5) is 0 Å². The Kier molecular flexibility index (Phi) is 1.97. The van der Waals surface area contributed by atoms with Gasteiger partial charge in [0.05, 0.1) is 0 Å². The summed E-state index contributed by atoms with van der Waals surface area (Å²) in [7, 11) is 0. The molecule has 2 rings (SSSR count). The van der Waals surface area contributed by atoms with Crippen LogP contribution in [0.3, 0.4) is 0 Å². The van der Waals surface area contributed by atoms with Gasteiger partial charge in [0.25, 0.3) is 0 Å². The Morgan fingerprint density at radius 3 is 2.67 bits per heavy atom. The average Bonchev–Trinajstić information content (AvgIpc) is 2.53. The van der Waals surface area contributed by atoms with Crippen LogP contribution in [0.2, 0.25) is 0 Å². The van der Waals surface area contributed by atoms with Gasteiger partial charge < -0.3 is 0 Å². The van der Waals surface area contributed by atoms with E-state index in [0.29, 0.717) is 5.92 Å². The highest BCUT2D eigenvalue weighted by molar-refractivity contribution is 7.27. The number of fused-ring (bicyclic) bond motifs is 1. The minimum atomic E-state index is 0.676. The van der Waals surface area contributed by atoms with Crippen LogP contribution < -0.4 is 0 Å². The van der Waals surface area contributed by atoms with E-state index in [0.717, 1.165) is 0 Å². The highest BCUT2D eigenvalue weighted by Gasteiger charge is 2.11. The smallest absolute Gasteiger partial charge is 0.0482 e. The molecule has 0 nitrogen and oxygen atoms in total. The SMILES string of the molecule is Cc1c(C(C)C)sc2ccsc12. The van der Waals surface area contributed by atoms with Crippen molar-refractivity contribution >= 4 is 32.1 Å². The molecule has 0 N–H and O–H groups in total. The summed E-state index contributed by atoms with van der Waals surface area (Å²) >= 11 is 3.81. The van der Waals surface area contributed by atoms with Gasteiger partial charge in [0.15, 0.2) is 0 Å². The molecular weight excluding hydrogens is 184 g/mol. The zero-order chi connectivity index (χ0) is 8.72. The minimum absolute atomic E-state index is 0.676. The van der Waals surface area contributed by atoms with Gasteiger partial charge in [-0.1, -0.05) is 13.8 Å². The molecule has 2 aromatic rings. The van der Waals surface area contributed by atoms with Gasteiger partial charge in [0.1, 0.15) is 0 Å². The molecule has 12 heavy (non-hydrogen) atoms. The Balaban J connectivity index is 2.70. The second-order valence-corrected chi connectivity index (χ2v) is 5.36. The molecule has 0 saturated heterocycles.